The van der Waals surface area contributed by atoms with E-state index in [0.717, 1.165) is 0 Å². The summed E-state index contributed by atoms with van der Waals surface area (Å²) in [6.07, 6.45) is 1.09. The van der Waals surface area contributed by atoms with Gasteiger partial charge in [-0.1, -0.05) is 12.1 Å². The molecule has 0 heterocycles. The maximum Gasteiger partial charge on any atom is 0.314 e. The van der Waals surface area contributed by atoms with E-state index in [1.807, 2.05) is 0 Å². The molecule has 2 rings (SSSR count). The summed E-state index contributed by atoms with van der Waals surface area (Å²) in [6.45, 7) is 0.510. The van der Waals surface area contributed by atoms with Crippen LogP contribution in [0.15, 0.2) is 24.3 Å². The monoisotopic (exact) mass is 223 g/mol. The third-order valence-corrected chi connectivity index (χ3v) is 3.41. The van der Waals surface area contributed by atoms with Crippen molar-refractivity contribution in [3.05, 3.63) is 35.6 Å². The van der Waals surface area contributed by atoms with E-state index in [9.17, 15) is 14.3 Å². The summed E-state index contributed by atoms with van der Waals surface area (Å²) in [7, 11) is 0. The van der Waals surface area contributed by atoms with Crippen LogP contribution >= 0.6 is 0 Å². The molecule has 1 saturated carbocycles. The summed E-state index contributed by atoms with van der Waals surface area (Å²) < 4.78 is 12.8. The lowest BCUT2D eigenvalue weighted by molar-refractivity contribution is -0.149. The fourth-order valence-corrected chi connectivity index (χ4v) is 2.40. The molecule has 0 saturated heterocycles. The van der Waals surface area contributed by atoms with Gasteiger partial charge < -0.3 is 10.8 Å². The van der Waals surface area contributed by atoms with Crippen molar-refractivity contribution in [2.45, 2.75) is 18.3 Å². The zero-order valence-corrected chi connectivity index (χ0v) is 8.82. The van der Waals surface area contributed by atoms with E-state index in [2.05, 4.69) is 0 Å². The quantitative estimate of drug-likeness (QED) is 0.816. The maximum atomic E-state index is 12.8. The number of rotatable bonds is 3. The van der Waals surface area contributed by atoms with Crippen LogP contribution in [0.25, 0.3) is 0 Å². The van der Waals surface area contributed by atoms with Gasteiger partial charge in [0.1, 0.15) is 5.82 Å². The predicted octanol–water partition coefficient (Wildman–Crippen LogP) is 1.52. The molecule has 1 aliphatic rings. The molecule has 0 atom stereocenters. The number of nitrogens with two attached hydrogens (primary N) is 1. The molecule has 0 aliphatic heterocycles. The second-order valence-corrected chi connectivity index (χ2v) is 4.40. The van der Waals surface area contributed by atoms with Crippen molar-refractivity contribution in [2.75, 3.05) is 6.54 Å². The van der Waals surface area contributed by atoms with Crippen LogP contribution in [-0.4, -0.2) is 17.6 Å². The summed E-state index contributed by atoms with van der Waals surface area (Å²) in [5.41, 5.74) is 5.33. The van der Waals surface area contributed by atoms with Crippen molar-refractivity contribution in [2.24, 2.45) is 11.7 Å². The molecule has 4 heteroatoms. The van der Waals surface area contributed by atoms with Gasteiger partial charge in [0.2, 0.25) is 0 Å². The van der Waals surface area contributed by atoms with Crippen LogP contribution in [0.3, 0.4) is 0 Å². The van der Waals surface area contributed by atoms with Gasteiger partial charge >= 0.3 is 5.97 Å². The molecule has 1 fully saturated rings. The van der Waals surface area contributed by atoms with Gasteiger partial charge in [-0.3, -0.25) is 4.79 Å². The SMILES string of the molecule is NCC1CC(C(=O)O)(c2ccc(F)cc2)C1. The molecular formula is C12H14FNO2. The summed E-state index contributed by atoms with van der Waals surface area (Å²) >= 11 is 0. The first-order valence-corrected chi connectivity index (χ1v) is 5.28. The highest BCUT2D eigenvalue weighted by Gasteiger charge is 2.50. The number of aliphatic carboxylic acids is 1. The minimum atomic E-state index is -0.849. The predicted molar refractivity (Wildman–Crippen MR) is 57.5 cm³/mol. The first kappa shape index (κ1) is 11.1. The molecule has 0 radical (unpaired) electrons. The largest absolute Gasteiger partial charge is 0.481 e. The van der Waals surface area contributed by atoms with Gasteiger partial charge in [-0.15, -0.1) is 0 Å². The van der Waals surface area contributed by atoms with Gasteiger partial charge in [-0.25, -0.2) is 4.39 Å². The van der Waals surface area contributed by atoms with E-state index < -0.39 is 11.4 Å². The molecule has 1 aromatic carbocycles. The van der Waals surface area contributed by atoms with E-state index in [0.29, 0.717) is 24.9 Å². The fourth-order valence-electron chi connectivity index (χ4n) is 2.40. The molecular weight excluding hydrogens is 209 g/mol. The second kappa shape index (κ2) is 3.87. The van der Waals surface area contributed by atoms with E-state index in [4.69, 9.17) is 5.73 Å². The first-order chi connectivity index (χ1) is 7.58. The lowest BCUT2D eigenvalue weighted by Crippen LogP contribution is -2.49. The van der Waals surface area contributed by atoms with Crippen LogP contribution in [0.5, 0.6) is 0 Å². The molecule has 0 bridgehead atoms. The summed E-state index contributed by atoms with van der Waals surface area (Å²) in [6, 6.07) is 5.71. The van der Waals surface area contributed by atoms with Gasteiger partial charge in [0, 0.05) is 0 Å². The van der Waals surface area contributed by atoms with Gasteiger partial charge in [0.05, 0.1) is 5.41 Å². The number of carbonyl (C=O) groups is 1. The normalized spacial score (nSPS) is 28.5. The van der Waals surface area contributed by atoms with Crippen molar-refractivity contribution < 1.29 is 14.3 Å². The molecule has 3 nitrogen and oxygen atoms in total. The van der Waals surface area contributed by atoms with Crippen molar-refractivity contribution in [3.63, 3.8) is 0 Å². The highest BCUT2D eigenvalue weighted by molar-refractivity contribution is 5.82. The maximum absolute atomic E-state index is 12.8. The average Bonchev–Trinajstić information content (AvgIpc) is 2.19. The molecule has 3 N–H and O–H groups in total. The van der Waals surface area contributed by atoms with Crippen LogP contribution in [-0.2, 0) is 10.2 Å². The Bertz CT molecular complexity index is 396. The Morgan fingerprint density at radius 1 is 1.44 bits per heavy atom. The molecule has 16 heavy (non-hydrogen) atoms. The topological polar surface area (TPSA) is 63.3 Å². The summed E-state index contributed by atoms with van der Waals surface area (Å²) in [5.74, 6) is -0.927. The van der Waals surface area contributed by atoms with Gasteiger partial charge in [0.15, 0.2) is 0 Å². The van der Waals surface area contributed by atoms with Crippen molar-refractivity contribution in [3.8, 4) is 0 Å². The zero-order valence-electron chi connectivity index (χ0n) is 8.82. The Kier molecular flexibility index (Phi) is 2.68. The van der Waals surface area contributed by atoms with E-state index in [1.54, 1.807) is 12.1 Å². The Morgan fingerprint density at radius 3 is 2.44 bits per heavy atom. The van der Waals surface area contributed by atoms with Crippen LogP contribution in [0.1, 0.15) is 18.4 Å². The number of hydrogen-bond acceptors (Lipinski definition) is 2. The Morgan fingerprint density at radius 2 is 2.00 bits per heavy atom. The van der Waals surface area contributed by atoms with Crippen molar-refractivity contribution in [1.29, 1.82) is 0 Å². The smallest absolute Gasteiger partial charge is 0.314 e. The summed E-state index contributed by atoms with van der Waals surface area (Å²) in [5, 5.41) is 9.29. The van der Waals surface area contributed by atoms with E-state index in [-0.39, 0.29) is 11.7 Å². The summed E-state index contributed by atoms with van der Waals surface area (Å²) in [4.78, 5) is 11.3. The molecule has 0 aromatic heterocycles. The number of halogens is 1. The molecule has 1 aliphatic carbocycles. The Hall–Kier alpha value is -1.42. The second-order valence-electron chi connectivity index (χ2n) is 4.40. The first-order valence-electron chi connectivity index (χ1n) is 5.28. The zero-order chi connectivity index (χ0) is 11.8. The lowest BCUT2D eigenvalue weighted by atomic mass is 9.58. The minimum Gasteiger partial charge on any atom is -0.481 e. The van der Waals surface area contributed by atoms with Crippen molar-refractivity contribution in [1.82, 2.24) is 0 Å². The lowest BCUT2D eigenvalue weighted by Gasteiger charge is -2.44. The minimum absolute atomic E-state index is 0.265. The number of hydrogen-bond donors (Lipinski definition) is 2. The Labute approximate surface area is 93.1 Å². The van der Waals surface area contributed by atoms with Crippen LogP contribution < -0.4 is 5.73 Å². The van der Waals surface area contributed by atoms with Crippen LogP contribution in [0.2, 0.25) is 0 Å². The molecule has 0 unspecified atom stereocenters. The highest BCUT2D eigenvalue weighted by Crippen LogP contribution is 2.47. The number of benzene rings is 1. The third-order valence-electron chi connectivity index (χ3n) is 3.41. The van der Waals surface area contributed by atoms with E-state index >= 15 is 0 Å². The molecule has 1 aromatic rings. The molecule has 0 spiro atoms. The van der Waals surface area contributed by atoms with Crippen LogP contribution in [0, 0.1) is 11.7 Å². The van der Waals surface area contributed by atoms with Gasteiger partial charge in [0.25, 0.3) is 0 Å². The molecule has 0 amide bonds. The number of carboxylic acids is 1. The fraction of sp³-hybridized carbons (Fsp3) is 0.417. The highest BCUT2D eigenvalue weighted by atomic mass is 19.1. The number of carboxylic acid groups (broad SMARTS) is 1. The third kappa shape index (κ3) is 1.59. The van der Waals surface area contributed by atoms with Crippen molar-refractivity contribution >= 4 is 5.97 Å². The van der Waals surface area contributed by atoms with E-state index in [1.165, 1.54) is 12.1 Å². The average molecular weight is 223 g/mol. The van der Waals surface area contributed by atoms with Gasteiger partial charge in [-0.05, 0) is 43.0 Å². The standard InChI is InChI=1S/C12H14FNO2/c13-10-3-1-9(2-4-10)12(11(15)16)5-8(6-12)7-14/h1-4,8H,5-7,14H2,(H,15,16). The van der Waals surface area contributed by atoms with Crippen LogP contribution in [0.4, 0.5) is 4.39 Å². The Balaban J connectivity index is 2.28. The van der Waals surface area contributed by atoms with Gasteiger partial charge in [-0.2, -0.15) is 0 Å². The molecule has 86 valence electrons.